The minimum absolute atomic E-state index is 0.105. The molecule has 2 aliphatic carbocycles. The third-order valence-electron chi connectivity index (χ3n) is 4.92. The summed E-state index contributed by atoms with van der Waals surface area (Å²) in [6.45, 7) is 0. The summed E-state index contributed by atoms with van der Waals surface area (Å²) in [5.74, 6) is 1.69. The third kappa shape index (κ3) is 3.81. The van der Waals surface area contributed by atoms with Crippen molar-refractivity contribution in [3.05, 3.63) is 0 Å². The number of hydrogen-bond donors (Lipinski definition) is 0. The highest BCUT2D eigenvalue weighted by Gasteiger charge is 2.29. The Balaban J connectivity index is 1.76. The second kappa shape index (κ2) is 7.28. The molecule has 0 radical (unpaired) electrons. The summed E-state index contributed by atoms with van der Waals surface area (Å²) < 4.78 is 5.52. The summed E-state index contributed by atoms with van der Waals surface area (Å²) in [5.41, 5.74) is 0. The highest BCUT2D eigenvalue weighted by molar-refractivity contribution is 5.83. The van der Waals surface area contributed by atoms with Gasteiger partial charge in [0.25, 0.3) is 0 Å². The number of carbonyl (C=O) groups is 1. The van der Waals surface area contributed by atoms with Gasteiger partial charge in [0, 0.05) is 13.5 Å². The molecule has 1 unspecified atom stereocenters. The molecule has 2 nitrogen and oxygen atoms in total. The van der Waals surface area contributed by atoms with Crippen molar-refractivity contribution in [2.24, 2.45) is 11.8 Å². The summed E-state index contributed by atoms with van der Waals surface area (Å²) >= 11 is 0. The van der Waals surface area contributed by atoms with E-state index < -0.39 is 0 Å². The van der Waals surface area contributed by atoms with Crippen LogP contribution in [0.5, 0.6) is 0 Å². The lowest BCUT2D eigenvalue weighted by Gasteiger charge is -2.28. The van der Waals surface area contributed by atoms with Crippen LogP contribution in [-0.2, 0) is 9.53 Å². The van der Waals surface area contributed by atoms with Gasteiger partial charge in [-0.25, -0.2) is 0 Å². The van der Waals surface area contributed by atoms with Crippen LogP contribution in [-0.4, -0.2) is 19.0 Å². The molecule has 2 aliphatic rings. The zero-order chi connectivity index (χ0) is 12.8. The lowest BCUT2D eigenvalue weighted by molar-refractivity contribution is -0.133. The molecule has 0 aromatic carbocycles. The fraction of sp³-hybridized carbons (Fsp3) is 0.938. The van der Waals surface area contributed by atoms with E-state index in [0.29, 0.717) is 11.7 Å². The predicted molar refractivity (Wildman–Crippen MR) is 73.6 cm³/mol. The van der Waals surface area contributed by atoms with Gasteiger partial charge in [-0.2, -0.15) is 0 Å². The van der Waals surface area contributed by atoms with Crippen LogP contribution in [0.4, 0.5) is 0 Å². The van der Waals surface area contributed by atoms with Gasteiger partial charge in [-0.3, -0.25) is 4.79 Å². The Labute approximate surface area is 111 Å². The van der Waals surface area contributed by atoms with Crippen molar-refractivity contribution < 1.29 is 9.53 Å². The lowest BCUT2D eigenvalue weighted by Crippen LogP contribution is -2.33. The monoisotopic (exact) mass is 252 g/mol. The van der Waals surface area contributed by atoms with Crippen LogP contribution in [0.3, 0.4) is 0 Å². The van der Waals surface area contributed by atoms with E-state index in [0.717, 1.165) is 18.8 Å². The maximum atomic E-state index is 12.3. The van der Waals surface area contributed by atoms with E-state index in [9.17, 15) is 4.79 Å². The Hall–Kier alpha value is -0.370. The molecule has 1 atom stereocenters. The number of Topliss-reactive ketones (excluding diaryl/α,β-unsaturated/α-hetero) is 1. The Kier molecular flexibility index (Phi) is 5.68. The first kappa shape index (κ1) is 14.0. The second-order valence-electron chi connectivity index (χ2n) is 6.21. The molecule has 0 aliphatic heterocycles. The number of rotatable bonds is 6. The summed E-state index contributed by atoms with van der Waals surface area (Å²) in [6.07, 6.45) is 13.4. The zero-order valence-electron chi connectivity index (χ0n) is 11.8. The van der Waals surface area contributed by atoms with Gasteiger partial charge in [0.1, 0.15) is 6.10 Å². The van der Waals surface area contributed by atoms with Crippen molar-refractivity contribution in [1.82, 2.24) is 0 Å². The Morgan fingerprint density at radius 3 is 2.28 bits per heavy atom. The lowest BCUT2D eigenvalue weighted by atomic mass is 9.82. The van der Waals surface area contributed by atoms with Gasteiger partial charge in [-0.1, -0.05) is 44.9 Å². The number of hydrogen-bond acceptors (Lipinski definition) is 2. The van der Waals surface area contributed by atoms with Crippen LogP contribution in [0.25, 0.3) is 0 Å². The molecule has 2 saturated carbocycles. The standard InChI is InChI=1S/C16H28O2/c1-18-16(14-9-3-2-4-10-14)15(17)12-11-13-7-5-6-8-13/h13-14,16H,2-12H2,1H3. The van der Waals surface area contributed by atoms with Crippen LogP contribution < -0.4 is 0 Å². The van der Waals surface area contributed by atoms with E-state index in [1.807, 2.05) is 0 Å². The Morgan fingerprint density at radius 2 is 1.67 bits per heavy atom. The summed E-state index contributed by atoms with van der Waals surface area (Å²) in [4.78, 5) is 12.3. The molecule has 0 bridgehead atoms. The number of ether oxygens (including phenoxy) is 1. The molecule has 2 fully saturated rings. The SMILES string of the molecule is COC(C(=O)CCC1CCCC1)C1CCCCC1. The van der Waals surface area contributed by atoms with Crippen LogP contribution in [0.15, 0.2) is 0 Å². The van der Waals surface area contributed by atoms with Gasteiger partial charge < -0.3 is 4.74 Å². The molecule has 2 heteroatoms. The fourth-order valence-corrected chi connectivity index (χ4v) is 3.81. The average molecular weight is 252 g/mol. The fourth-order valence-electron chi connectivity index (χ4n) is 3.81. The van der Waals surface area contributed by atoms with E-state index in [4.69, 9.17) is 4.74 Å². The molecule has 0 spiro atoms. The van der Waals surface area contributed by atoms with Crippen LogP contribution >= 0.6 is 0 Å². The van der Waals surface area contributed by atoms with Crippen molar-refractivity contribution in [3.8, 4) is 0 Å². The molecular weight excluding hydrogens is 224 g/mol. The second-order valence-corrected chi connectivity index (χ2v) is 6.21. The molecule has 2 rings (SSSR count). The molecule has 18 heavy (non-hydrogen) atoms. The molecule has 0 aromatic rings. The van der Waals surface area contributed by atoms with Crippen LogP contribution in [0, 0.1) is 11.8 Å². The molecule has 104 valence electrons. The predicted octanol–water partition coefficient (Wildman–Crippen LogP) is 4.12. The molecule has 0 heterocycles. The maximum absolute atomic E-state index is 12.3. The van der Waals surface area contributed by atoms with Crippen molar-refractivity contribution in [2.75, 3.05) is 7.11 Å². The number of carbonyl (C=O) groups excluding carboxylic acids is 1. The zero-order valence-corrected chi connectivity index (χ0v) is 11.8. The van der Waals surface area contributed by atoms with E-state index in [1.165, 1.54) is 57.8 Å². The first-order valence-corrected chi connectivity index (χ1v) is 7.86. The summed E-state index contributed by atoms with van der Waals surface area (Å²) in [7, 11) is 1.72. The molecule has 0 saturated heterocycles. The van der Waals surface area contributed by atoms with E-state index in [1.54, 1.807) is 7.11 Å². The van der Waals surface area contributed by atoms with Gasteiger partial charge in [-0.05, 0) is 31.1 Å². The van der Waals surface area contributed by atoms with Crippen LogP contribution in [0.1, 0.15) is 70.6 Å². The minimum Gasteiger partial charge on any atom is -0.373 e. The van der Waals surface area contributed by atoms with Crippen molar-refractivity contribution in [2.45, 2.75) is 76.7 Å². The minimum atomic E-state index is -0.105. The summed E-state index contributed by atoms with van der Waals surface area (Å²) in [5, 5.41) is 0. The Morgan fingerprint density at radius 1 is 1.06 bits per heavy atom. The summed E-state index contributed by atoms with van der Waals surface area (Å²) in [6, 6.07) is 0. The van der Waals surface area contributed by atoms with Gasteiger partial charge >= 0.3 is 0 Å². The molecule has 0 amide bonds. The first-order valence-electron chi connectivity index (χ1n) is 7.86. The highest BCUT2D eigenvalue weighted by atomic mass is 16.5. The van der Waals surface area contributed by atoms with Crippen molar-refractivity contribution in [3.63, 3.8) is 0 Å². The topological polar surface area (TPSA) is 26.3 Å². The quantitative estimate of drug-likeness (QED) is 0.710. The van der Waals surface area contributed by atoms with Crippen molar-refractivity contribution in [1.29, 1.82) is 0 Å². The Bertz CT molecular complexity index is 250. The van der Waals surface area contributed by atoms with Crippen LogP contribution in [0.2, 0.25) is 0 Å². The normalized spacial score (nSPS) is 24.3. The molecular formula is C16H28O2. The largest absolute Gasteiger partial charge is 0.373 e. The van der Waals surface area contributed by atoms with Gasteiger partial charge in [0.15, 0.2) is 5.78 Å². The first-order chi connectivity index (χ1) is 8.81. The third-order valence-corrected chi connectivity index (χ3v) is 4.92. The number of ketones is 1. The molecule has 0 N–H and O–H groups in total. The van der Waals surface area contributed by atoms with E-state index in [-0.39, 0.29) is 6.10 Å². The van der Waals surface area contributed by atoms with E-state index in [2.05, 4.69) is 0 Å². The van der Waals surface area contributed by atoms with E-state index >= 15 is 0 Å². The average Bonchev–Trinajstić information content (AvgIpc) is 2.92. The maximum Gasteiger partial charge on any atom is 0.161 e. The highest BCUT2D eigenvalue weighted by Crippen LogP contribution is 2.31. The van der Waals surface area contributed by atoms with Crippen molar-refractivity contribution >= 4 is 5.78 Å². The van der Waals surface area contributed by atoms with Gasteiger partial charge in [0.2, 0.25) is 0 Å². The smallest absolute Gasteiger partial charge is 0.161 e. The number of methoxy groups -OCH3 is 1. The molecule has 0 aromatic heterocycles. The van der Waals surface area contributed by atoms with Gasteiger partial charge in [-0.15, -0.1) is 0 Å². The van der Waals surface area contributed by atoms with Gasteiger partial charge in [0.05, 0.1) is 0 Å².